The molecule has 0 aromatic heterocycles. The second kappa shape index (κ2) is 4.95. The Hall–Kier alpha value is -1.38. The van der Waals surface area contributed by atoms with Crippen molar-refractivity contribution < 1.29 is 4.74 Å². The lowest BCUT2D eigenvalue weighted by molar-refractivity contribution is 0.304. The van der Waals surface area contributed by atoms with Crippen LogP contribution in [0.1, 0.15) is 32.6 Å². The highest BCUT2D eigenvalue weighted by Crippen LogP contribution is 2.49. The zero-order chi connectivity index (χ0) is 13.4. The van der Waals surface area contributed by atoms with Crippen LogP contribution in [-0.4, -0.2) is 13.2 Å². The molecule has 4 unspecified atom stereocenters. The van der Waals surface area contributed by atoms with Crippen molar-refractivity contribution in [2.24, 2.45) is 17.8 Å². The number of hydrogen-bond acceptors (Lipinski definition) is 3. The van der Waals surface area contributed by atoms with Crippen LogP contribution in [0.2, 0.25) is 0 Å². The average molecular weight is 260 g/mol. The highest BCUT2D eigenvalue weighted by molar-refractivity contribution is 5.59. The molecule has 3 nitrogen and oxygen atoms in total. The first kappa shape index (κ1) is 12.6. The third kappa shape index (κ3) is 2.51. The monoisotopic (exact) mass is 260 g/mol. The Morgan fingerprint density at radius 3 is 2.74 bits per heavy atom. The molecule has 0 spiro atoms. The third-order valence-corrected chi connectivity index (χ3v) is 4.99. The van der Waals surface area contributed by atoms with Gasteiger partial charge in [-0.25, -0.2) is 0 Å². The van der Waals surface area contributed by atoms with E-state index in [1.54, 1.807) is 7.11 Å². The van der Waals surface area contributed by atoms with Gasteiger partial charge in [0.25, 0.3) is 0 Å². The number of benzene rings is 1. The van der Waals surface area contributed by atoms with Crippen molar-refractivity contribution in [1.82, 2.24) is 0 Å². The molecular formula is C16H24N2O. The molecule has 2 saturated carbocycles. The van der Waals surface area contributed by atoms with Crippen LogP contribution in [0.5, 0.6) is 5.75 Å². The molecule has 19 heavy (non-hydrogen) atoms. The Bertz CT molecular complexity index is 460. The van der Waals surface area contributed by atoms with Crippen LogP contribution in [0.3, 0.4) is 0 Å². The number of nitrogen functional groups attached to an aromatic ring is 1. The summed E-state index contributed by atoms with van der Waals surface area (Å²) in [6.45, 7) is 2.31. The Kier molecular flexibility index (Phi) is 3.29. The minimum atomic E-state index is 0.516. The maximum absolute atomic E-state index is 5.90. The van der Waals surface area contributed by atoms with Gasteiger partial charge in [0, 0.05) is 29.5 Å². The zero-order valence-corrected chi connectivity index (χ0v) is 11.9. The van der Waals surface area contributed by atoms with E-state index in [0.29, 0.717) is 6.04 Å². The van der Waals surface area contributed by atoms with Crippen molar-refractivity contribution in [1.29, 1.82) is 0 Å². The van der Waals surface area contributed by atoms with Gasteiger partial charge >= 0.3 is 0 Å². The number of ether oxygens (including phenoxy) is 1. The second-order valence-corrected chi connectivity index (χ2v) is 6.27. The van der Waals surface area contributed by atoms with Crippen LogP contribution in [0.25, 0.3) is 0 Å². The fourth-order valence-electron chi connectivity index (χ4n) is 4.10. The van der Waals surface area contributed by atoms with E-state index in [4.69, 9.17) is 10.5 Å². The number of anilines is 2. The van der Waals surface area contributed by atoms with Gasteiger partial charge in [-0.1, -0.05) is 6.42 Å². The van der Waals surface area contributed by atoms with E-state index in [0.717, 1.165) is 34.9 Å². The van der Waals surface area contributed by atoms with Crippen molar-refractivity contribution in [3.8, 4) is 5.75 Å². The van der Waals surface area contributed by atoms with E-state index in [9.17, 15) is 0 Å². The lowest BCUT2D eigenvalue weighted by Crippen LogP contribution is -2.29. The SMILES string of the molecule is COc1cc(N)cc(NC(C)C2CC3CCC2C3)c1. The maximum atomic E-state index is 5.90. The Morgan fingerprint density at radius 2 is 2.11 bits per heavy atom. The van der Waals surface area contributed by atoms with E-state index in [-0.39, 0.29) is 0 Å². The molecule has 0 amide bonds. The van der Waals surface area contributed by atoms with Gasteiger partial charge in [0.15, 0.2) is 0 Å². The van der Waals surface area contributed by atoms with E-state index in [1.807, 2.05) is 18.2 Å². The van der Waals surface area contributed by atoms with Gasteiger partial charge in [-0.3, -0.25) is 0 Å². The standard InChI is InChI=1S/C16H24N2O/c1-10(16-6-11-3-4-12(16)5-11)18-14-7-13(17)8-15(9-14)19-2/h7-12,16,18H,3-6,17H2,1-2H3. The van der Waals surface area contributed by atoms with Crippen LogP contribution in [-0.2, 0) is 0 Å². The minimum absolute atomic E-state index is 0.516. The molecule has 0 saturated heterocycles. The molecule has 1 aromatic carbocycles. The lowest BCUT2D eigenvalue weighted by atomic mass is 9.84. The maximum Gasteiger partial charge on any atom is 0.122 e. The molecule has 104 valence electrons. The summed E-state index contributed by atoms with van der Waals surface area (Å²) in [5.74, 6) is 3.58. The zero-order valence-electron chi connectivity index (χ0n) is 11.9. The number of nitrogens with two attached hydrogens (primary N) is 1. The molecular weight excluding hydrogens is 236 g/mol. The summed E-state index contributed by atoms with van der Waals surface area (Å²) in [7, 11) is 1.68. The summed E-state index contributed by atoms with van der Waals surface area (Å²) in [6, 6.07) is 6.39. The highest BCUT2D eigenvalue weighted by atomic mass is 16.5. The number of nitrogens with one attached hydrogen (secondary N) is 1. The van der Waals surface area contributed by atoms with Gasteiger partial charge < -0.3 is 15.8 Å². The number of rotatable bonds is 4. The van der Waals surface area contributed by atoms with Crippen LogP contribution in [0.4, 0.5) is 11.4 Å². The van der Waals surface area contributed by atoms with E-state index in [1.165, 1.54) is 25.7 Å². The topological polar surface area (TPSA) is 47.3 Å². The fourth-order valence-corrected chi connectivity index (χ4v) is 4.10. The fraction of sp³-hybridized carbons (Fsp3) is 0.625. The first-order chi connectivity index (χ1) is 9.15. The number of hydrogen-bond donors (Lipinski definition) is 2. The Morgan fingerprint density at radius 1 is 1.26 bits per heavy atom. The Labute approximate surface area is 115 Å². The molecule has 2 fully saturated rings. The summed E-state index contributed by atoms with van der Waals surface area (Å²) in [6.07, 6.45) is 5.75. The van der Waals surface area contributed by atoms with E-state index >= 15 is 0 Å². The molecule has 1 aromatic rings. The third-order valence-electron chi connectivity index (χ3n) is 4.99. The smallest absolute Gasteiger partial charge is 0.122 e. The molecule has 0 heterocycles. The first-order valence-corrected chi connectivity index (χ1v) is 7.37. The average Bonchev–Trinajstić information content (AvgIpc) is 3.00. The molecule has 2 aliphatic carbocycles. The van der Waals surface area contributed by atoms with Gasteiger partial charge in [-0.15, -0.1) is 0 Å². The normalized spacial score (nSPS) is 30.3. The van der Waals surface area contributed by atoms with Crippen molar-refractivity contribution >= 4 is 11.4 Å². The lowest BCUT2D eigenvalue weighted by Gasteiger charge is -2.29. The quantitative estimate of drug-likeness (QED) is 0.814. The van der Waals surface area contributed by atoms with Crippen molar-refractivity contribution in [2.75, 3.05) is 18.2 Å². The van der Waals surface area contributed by atoms with Gasteiger partial charge in [0.05, 0.1) is 7.11 Å². The molecule has 3 heteroatoms. The van der Waals surface area contributed by atoms with E-state index in [2.05, 4.69) is 12.2 Å². The van der Waals surface area contributed by atoms with Crippen LogP contribution in [0, 0.1) is 17.8 Å². The molecule has 4 atom stereocenters. The predicted molar refractivity (Wildman–Crippen MR) is 79.4 cm³/mol. The van der Waals surface area contributed by atoms with Gasteiger partial charge in [0.2, 0.25) is 0 Å². The molecule has 0 aliphatic heterocycles. The van der Waals surface area contributed by atoms with E-state index < -0.39 is 0 Å². The van der Waals surface area contributed by atoms with Crippen LogP contribution < -0.4 is 15.8 Å². The van der Waals surface area contributed by atoms with Crippen LogP contribution >= 0.6 is 0 Å². The molecule has 0 radical (unpaired) electrons. The summed E-state index contributed by atoms with van der Waals surface area (Å²) < 4.78 is 5.27. The number of fused-ring (bicyclic) bond motifs is 2. The highest BCUT2D eigenvalue weighted by Gasteiger charge is 2.41. The Balaban J connectivity index is 1.69. The first-order valence-electron chi connectivity index (χ1n) is 7.37. The summed E-state index contributed by atoms with van der Waals surface area (Å²) >= 11 is 0. The van der Waals surface area contributed by atoms with Crippen molar-refractivity contribution in [3.05, 3.63) is 18.2 Å². The summed E-state index contributed by atoms with van der Waals surface area (Å²) in [5, 5.41) is 3.62. The molecule has 3 N–H and O–H groups in total. The summed E-state index contributed by atoms with van der Waals surface area (Å²) in [4.78, 5) is 0. The van der Waals surface area contributed by atoms with Gasteiger partial charge in [-0.2, -0.15) is 0 Å². The second-order valence-electron chi connectivity index (χ2n) is 6.27. The molecule has 2 bridgehead atoms. The summed E-state index contributed by atoms with van der Waals surface area (Å²) in [5.41, 5.74) is 7.73. The number of methoxy groups -OCH3 is 1. The largest absolute Gasteiger partial charge is 0.497 e. The predicted octanol–water partition coefficient (Wildman–Crippen LogP) is 3.51. The van der Waals surface area contributed by atoms with Gasteiger partial charge in [0.1, 0.15) is 5.75 Å². The molecule has 3 rings (SSSR count). The van der Waals surface area contributed by atoms with Gasteiger partial charge in [-0.05, 0) is 50.0 Å². The minimum Gasteiger partial charge on any atom is -0.497 e. The van der Waals surface area contributed by atoms with Crippen LogP contribution in [0.15, 0.2) is 18.2 Å². The van der Waals surface area contributed by atoms with Crippen molar-refractivity contribution in [3.63, 3.8) is 0 Å². The van der Waals surface area contributed by atoms with Crippen molar-refractivity contribution in [2.45, 2.75) is 38.6 Å². The molecule has 2 aliphatic rings.